The number of hydrogen-bond donors (Lipinski definition) is 2. The van der Waals surface area contributed by atoms with E-state index in [4.69, 9.17) is 15.6 Å². The Kier molecular flexibility index (Phi) is 3.87. The van der Waals surface area contributed by atoms with Crippen LogP contribution in [0, 0.1) is 5.41 Å². The average molecular weight is 256 g/mol. The fourth-order valence-electron chi connectivity index (χ4n) is 2.59. The van der Waals surface area contributed by atoms with Crippen molar-refractivity contribution in [1.29, 1.82) is 0 Å². The molecule has 102 valence electrons. The van der Waals surface area contributed by atoms with Crippen molar-refractivity contribution in [1.82, 2.24) is 4.90 Å². The van der Waals surface area contributed by atoms with Gasteiger partial charge in [0.15, 0.2) is 6.10 Å². The first-order chi connectivity index (χ1) is 8.56. The van der Waals surface area contributed by atoms with E-state index in [1.54, 1.807) is 4.90 Å². The van der Waals surface area contributed by atoms with Gasteiger partial charge in [-0.2, -0.15) is 0 Å². The Labute approximate surface area is 106 Å². The van der Waals surface area contributed by atoms with Gasteiger partial charge in [-0.05, 0) is 24.8 Å². The first kappa shape index (κ1) is 13.3. The third kappa shape index (κ3) is 2.64. The molecule has 6 heteroatoms. The fraction of sp³-hybridized carbons (Fsp3) is 0.833. The molecule has 1 amide bonds. The van der Waals surface area contributed by atoms with Crippen molar-refractivity contribution in [2.24, 2.45) is 11.1 Å². The van der Waals surface area contributed by atoms with E-state index < -0.39 is 12.1 Å². The number of aliphatic carboxylic acids is 1. The van der Waals surface area contributed by atoms with Crippen LogP contribution in [-0.2, 0) is 14.3 Å². The van der Waals surface area contributed by atoms with Gasteiger partial charge in [0.25, 0.3) is 0 Å². The number of nitrogens with two attached hydrogens (primary N) is 1. The average Bonchev–Trinajstić information content (AvgIpc) is 2.33. The number of carbonyl (C=O) groups is 2. The SMILES string of the molecule is NCC1(CC(=O)N2CCOC(C(=O)O)C2)CCC1. The minimum atomic E-state index is -1.01. The normalized spacial score (nSPS) is 26.5. The summed E-state index contributed by atoms with van der Waals surface area (Å²) in [6.45, 7) is 1.45. The zero-order valence-corrected chi connectivity index (χ0v) is 10.4. The maximum Gasteiger partial charge on any atom is 0.334 e. The van der Waals surface area contributed by atoms with Crippen molar-refractivity contribution in [2.75, 3.05) is 26.2 Å². The molecule has 1 atom stereocenters. The Morgan fingerprint density at radius 2 is 2.17 bits per heavy atom. The number of morpholine rings is 1. The minimum absolute atomic E-state index is 0.00898. The van der Waals surface area contributed by atoms with Gasteiger partial charge in [0.05, 0.1) is 13.2 Å². The van der Waals surface area contributed by atoms with E-state index in [2.05, 4.69) is 0 Å². The van der Waals surface area contributed by atoms with Crippen LogP contribution in [0.3, 0.4) is 0 Å². The van der Waals surface area contributed by atoms with Crippen LogP contribution in [-0.4, -0.2) is 54.2 Å². The number of amides is 1. The third-order valence-electron chi connectivity index (χ3n) is 4.07. The van der Waals surface area contributed by atoms with Gasteiger partial charge in [0, 0.05) is 13.0 Å². The van der Waals surface area contributed by atoms with Crippen molar-refractivity contribution >= 4 is 11.9 Å². The highest BCUT2D eigenvalue weighted by Crippen LogP contribution is 2.43. The van der Waals surface area contributed by atoms with Crippen LogP contribution in [0.4, 0.5) is 0 Å². The van der Waals surface area contributed by atoms with Crippen molar-refractivity contribution in [3.63, 3.8) is 0 Å². The van der Waals surface area contributed by atoms with Crippen LogP contribution in [0.25, 0.3) is 0 Å². The second-order valence-corrected chi connectivity index (χ2v) is 5.27. The zero-order valence-electron chi connectivity index (χ0n) is 10.4. The molecule has 1 unspecified atom stereocenters. The molecule has 1 aliphatic carbocycles. The molecule has 3 N–H and O–H groups in total. The Bertz CT molecular complexity index is 335. The van der Waals surface area contributed by atoms with Crippen molar-refractivity contribution in [2.45, 2.75) is 31.8 Å². The molecule has 0 aromatic rings. The van der Waals surface area contributed by atoms with Crippen molar-refractivity contribution < 1.29 is 19.4 Å². The minimum Gasteiger partial charge on any atom is -0.479 e. The molecule has 2 fully saturated rings. The zero-order chi connectivity index (χ0) is 13.2. The van der Waals surface area contributed by atoms with Crippen LogP contribution in [0.1, 0.15) is 25.7 Å². The highest BCUT2D eigenvalue weighted by Gasteiger charge is 2.39. The number of nitrogens with zero attached hydrogens (tertiary/aromatic N) is 1. The van der Waals surface area contributed by atoms with Crippen LogP contribution in [0.15, 0.2) is 0 Å². The predicted molar refractivity (Wildman–Crippen MR) is 63.9 cm³/mol. The molecule has 6 nitrogen and oxygen atoms in total. The summed E-state index contributed by atoms with van der Waals surface area (Å²) in [5.41, 5.74) is 5.70. The summed E-state index contributed by atoms with van der Waals surface area (Å²) < 4.78 is 5.10. The van der Waals surface area contributed by atoms with Gasteiger partial charge in [-0.3, -0.25) is 4.79 Å². The molecule has 18 heavy (non-hydrogen) atoms. The Morgan fingerprint density at radius 1 is 1.44 bits per heavy atom. The van der Waals surface area contributed by atoms with Gasteiger partial charge in [-0.25, -0.2) is 4.79 Å². The fourth-order valence-corrected chi connectivity index (χ4v) is 2.59. The largest absolute Gasteiger partial charge is 0.479 e. The topological polar surface area (TPSA) is 92.9 Å². The summed E-state index contributed by atoms with van der Waals surface area (Å²) in [5.74, 6) is -1.00. The maximum atomic E-state index is 12.2. The third-order valence-corrected chi connectivity index (χ3v) is 4.07. The van der Waals surface area contributed by atoms with Crippen LogP contribution in [0.2, 0.25) is 0 Å². The Morgan fingerprint density at radius 3 is 2.67 bits per heavy atom. The Balaban J connectivity index is 1.90. The molecule has 0 aromatic heterocycles. The van der Waals surface area contributed by atoms with Gasteiger partial charge in [-0.15, -0.1) is 0 Å². The Hall–Kier alpha value is -1.14. The van der Waals surface area contributed by atoms with E-state index in [1.165, 1.54) is 0 Å². The quantitative estimate of drug-likeness (QED) is 0.727. The van der Waals surface area contributed by atoms with Crippen LogP contribution in [0.5, 0.6) is 0 Å². The summed E-state index contributed by atoms with van der Waals surface area (Å²) in [5, 5.41) is 8.89. The smallest absolute Gasteiger partial charge is 0.334 e. The highest BCUT2D eigenvalue weighted by atomic mass is 16.5. The number of carboxylic acid groups (broad SMARTS) is 1. The maximum absolute atomic E-state index is 12.2. The summed E-state index contributed by atoms with van der Waals surface area (Å²) in [6, 6.07) is 0. The summed E-state index contributed by atoms with van der Waals surface area (Å²) in [4.78, 5) is 24.6. The molecule has 2 rings (SSSR count). The lowest BCUT2D eigenvalue weighted by Gasteiger charge is -2.42. The van der Waals surface area contributed by atoms with E-state index in [9.17, 15) is 9.59 Å². The number of hydrogen-bond acceptors (Lipinski definition) is 4. The number of rotatable bonds is 4. The van der Waals surface area contributed by atoms with Gasteiger partial charge >= 0.3 is 5.97 Å². The van der Waals surface area contributed by atoms with Crippen LogP contribution >= 0.6 is 0 Å². The van der Waals surface area contributed by atoms with Crippen LogP contribution < -0.4 is 5.73 Å². The number of carbonyl (C=O) groups excluding carboxylic acids is 1. The predicted octanol–water partition coefficient (Wildman–Crippen LogP) is -0.182. The second kappa shape index (κ2) is 5.24. The lowest BCUT2D eigenvalue weighted by molar-refractivity contribution is -0.160. The second-order valence-electron chi connectivity index (χ2n) is 5.27. The number of carboxylic acids is 1. The van der Waals surface area contributed by atoms with Gasteiger partial charge in [-0.1, -0.05) is 6.42 Å². The summed E-state index contributed by atoms with van der Waals surface area (Å²) in [7, 11) is 0. The molecule has 0 aromatic carbocycles. The van der Waals surface area contributed by atoms with Crippen molar-refractivity contribution in [3.8, 4) is 0 Å². The molecule has 0 radical (unpaired) electrons. The molecule has 0 bridgehead atoms. The number of ether oxygens (including phenoxy) is 1. The first-order valence-corrected chi connectivity index (χ1v) is 6.39. The van der Waals surface area contributed by atoms with E-state index >= 15 is 0 Å². The van der Waals surface area contributed by atoms with Gasteiger partial charge in [0.1, 0.15) is 0 Å². The molecule has 1 aliphatic heterocycles. The van der Waals surface area contributed by atoms with E-state index in [0.29, 0.717) is 26.1 Å². The standard InChI is InChI=1S/C12H20N2O4/c13-8-12(2-1-3-12)6-10(15)14-4-5-18-9(7-14)11(16)17/h9H,1-8,13H2,(H,16,17). The highest BCUT2D eigenvalue weighted by molar-refractivity contribution is 5.79. The van der Waals surface area contributed by atoms with Gasteiger partial charge < -0.3 is 20.5 Å². The molecular formula is C12H20N2O4. The van der Waals surface area contributed by atoms with Crippen molar-refractivity contribution in [3.05, 3.63) is 0 Å². The lowest BCUT2D eigenvalue weighted by atomic mass is 9.66. The van der Waals surface area contributed by atoms with E-state index in [-0.39, 0.29) is 17.9 Å². The summed E-state index contributed by atoms with van der Waals surface area (Å²) in [6.07, 6.45) is 2.68. The van der Waals surface area contributed by atoms with E-state index in [0.717, 1.165) is 19.3 Å². The lowest BCUT2D eigenvalue weighted by Crippen LogP contribution is -2.51. The molecule has 2 aliphatic rings. The molecule has 1 saturated carbocycles. The monoisotopic (exact) mass is 256 g/mol. The molecular weight excluding hydrogens is 236 g/mol. The van der Waals surface area contributed by atoms with E-state index in [1.807, 2.05) is 0 Å². The first-order valence-electron chi connectivity index (χ1n) is 6.39. The molecule has 0 spiro atoms. The molecule has 1 heterocycles. The van der Waals surface area contributed by atoms with Gasteiger partial charge in [0.2, 0.25) is 5.91 Å². The molecule has 1 saturated heterocycles. The summed E-state index contributed by atoms with van der Waals surface area (Å²) >= 11 is 0.